The number of alkyl carbamates (subject to hydrolysis) is 1. The summed E-state index contributed by atoms with van der Waals surface area (Å²) in [7, 11) is 1.66. The summed E-state index contributed by atoms with van der Waals surface area (Å²) in [4.78, 5) is 11.1. The van der Waals surface area contributed by atoms with Crippen LogP contribution >= 0.6 is 0 Å². The number of carbonyl (C=O) groups excluding carboxylic acids is 1. The number of ether oxygens (including phenoxy) is 1. The van der Waals surface area contributed by atoms with Gasteiger partial charge in [-0.3, -0.25) is 0 Å². The van der Waals surface area contributed by atoms with E-state index in [1.807, 2.05) is 6.07 Å². The van der Waals surface area contributed by atoms with E-state index in [1.165, 1.54) is 0 Å². The first-order chi connectivity index (χ1) is 6.39. The molecule has 5 nitrogen and oxygen atoms in total. The third kappa shape index (κ3) is 6.26. The molecule has 0 aromatic rings. The number of nitriles is 1. The lowest BCUT2D eigenvalue weighted by Crippen LogP contribution is -2.40. The number of hydrogen-bond donors (Lipinski definition) is 2. The predicted molar refractivity (Wildman–Crippen MR) is 52.7 cm³/mol. The van der Waals surface area contributed by atoms with Crippen molar-refractivity contribution < 1.29 is 9.53 Å². The van der Waals surface area contributed by atoms with Crippen LogP contribution in [0.15, 0.2) is 0 Å². The summed E-state index contributed by atoms with van der Waals surface area (Å²) in [5.41, 5.74) is -0.508. The van der Waals surface area contributed by atoms with Gasteiger partial charge in [0.05, 0.1) is 6.07 Å². The van der Waals surface area contributed by atoms with E-state index in [1.54, 1.807) is 27.8 Å². The van der Waals surface area contributed by atoms with Crippen molar-refractivity contribution in [2.24, 2.45) is 0 Å². The molecule has 0 spiro atoms. The Balaban J connectivity index is 3.81. The predicted octanol–water partition coefficient (Wildman–Crippen LogP) is 0.623. The minimum Gasteiger partial charge on any atom is -0.444 e. The first kappa shape index (κ1) is 12.7. The van der Waals surface area contributed by atoms with Crippen LogP contribution < -0.4 is 10.6 Å². The van der Waals surface area contributed by atoms with E-state index in [9.17, 15) is 4.79 Å². The third-order valence-corrected chi connectivity index (χ3v) is 1.35. The van der Waals surface area contributed by atoms with Gasteiger partial charge in [-0.05, 0) is 27.8 Å². The zero-order valence-electron chi connectivity index (χ0n) is 9.05. The van der Waals surface area contributed by atoms with Gasteiger partial charge in [0.1, 0.15) is 11.6 Å². The second-order valence-corrected chi connectivity index (χ2v) is 3.85. The van der Waals surface area contributed by atoms with Crippen molar-refractivity contribution in [1.82, 2.24) is 10.6 Å². The smallest absolute Gasteiger partial charge is 0.407 e. The molecule has 2 N–H and O–H groups in total. The molecule has 0 bridgehead atoms. The third-order valence-electron chi connectivity index (χ3n) is 1.35. The highest BCUT2D eigenvalue weighted by molar-refractivity contribution is 5.67. The lowest BCUT2D eigenvalue weighted by Gasteiger charge is -2.20. The van der Waals surface area contributed by atoms with Crippen LogP contribution in [-0.2, 0) is 4.74 Å². The van der Waals surface area contributed by atoms with E-state index in [2.05, 4.69) is 10.6 Å². The van der Waals surface area contributed by atoms with E-state index in [0.717, 1.165) is 0 Å². The Morgan fingerprint density at radius 3 is 2.50 bits per heavy atom. The minimum absolute atomic E-state index is 0.238. The average Bonchev–Trinajstić information content (AvgIpc) is 2.03. The maximum Gasteiger partial charge on any atom is 0.407 e. The molecule has 0 aromatic heterocycles. The molecule has 1 atom stereocenters. The Kier molecular flexibility index (Phi) is 4.95. The molecule has 0 heterocycles. The van der Waals surface area contributed by atoms with Crippen LogP contribution in [0.25, 0.3) is 0 Å². The normalized spacial score (nSPS) is 12.8. The zero-order chi connectivity index (χ0) is 11.2. The van der Waals surface area contributed by atoms with E-state index in [0.29, 0.717) is 0 Å². The molecule has 80 valence electrons. The van der Waals surface area contributed by atoms with Gasteiger partial charge in [-0.15, -0.1) is 0 Å². The molecular formula is C9H17N3O2. The molecule has 0 fully saturated rings. The highest BCUT2D eigenvalue weighted by atomic mass is 16.6. The van der Waals surface area contributed by atoms with Gasteiger partial charge in [-0.2, -0.15) is 5.26 Å². The minimum atomic E-state index is -0.508. The zero-order valence-corrected chi connectivity index (χ0v) is 9.05. The number of likely N-dealkylation sites (N-methyl/N-ethyl adjacent to an activating group) is 1. The summed E-state index contributed by atoms with van der Waals surface area (Å²) in [6.07, 6.45) is -0.506. The summed E-state index contributed by atoms with van der Waals surface area (Å²) in [6, 6.07) is 1.60. The van der Waals surface area contributed by atoms with Gasteiger partial charge in [-0.1, -0.05) is 0 Å². The molecule has 0 aromatic carbocycles. The second-order valence-electron chi connectivity index (χ2n) is 3.85. The van der Waals surface area contributed by atoms with Gasteiger partial charge in [-0.25, -0.2) is 4.79 Å². The summed E-state index contributed by atoms with van der Waals surface area (Å²) in [5.74, 6) is 0. The van der Waals surface area contributed by atoms with Crippen LogP contribution in [0.3, 0.4) is 0 Å². The van der Waals surface area contributed by atoms with Crippen LogP contribution in [-0.4, -0.2) is 31.3 Å². The molecule has 0 radical (unpaired) electrons. The van der Waals surface area contributed by atoms with Crippen molar-refractivity contribution in [3.8, 4) is 6.07 Å². The quantitative estimate of drug-likeness (QED) is 0.699. The number of amides is 1. The number of hydrogen-bond acceptors (Lipinski definition) is 4. The largest absolute Gasteiger partial charge is 0.444 e. The van der Waals surface area contributed by atoms with Gasteiger partial charge < -0.3 is 15.4 Å². The Bertz CT molecular complexity index is 227. The van der Waals surface area contributed by atoms with E-state index in [-0.39, 0.29) is 12.6 Å². The SMILES string of the molecule is CN[C@H](C#N)CNC(=O)OC(C)(C)C. The number of nitrogens with zero attached hydrogens (tertiary/aromatic N) is 1. The molecule has 14 heavy (non-hydrogen) atoms. The highest BCUT2D eigenvalue weighted by Crippen LogP contribution is 2.06. The highest BCUT2D eigenvalue weighted by Gasteiger charge is 2.16. The molecule has 0 aliphatic rings. The molecule has 5 heteroatoms. The Labute approximate surface area is 84.4 Å². The van der Waals surface area contributed by atoms with Crippen molar-refractivity contribution in [2.75, 3.05) is 13.6 Å². The number of nitrogens with one attached hydrogen (secondary N) is 2. The van der Waals surface area contributed by atoms with Crippen molar-refractivity contribution in [2.45, 2.75) is 32.4 Å². The fourth-order valence-corrected chi connectivity index (χ4v) is 0.712. The van der Waals surface area contributed by atoms with Gasteiger partial charge in [0.15, 0.2) is 0 Å². The summed E-state index contributed by atoms with van der Waals surface area (Å²) < 4.78 is 4.99. The van der Waals surface area contributed by atoms with Crippen LogP contribution in [0.2, 0.25) is 0 Å². The van der Waals surface area contributed by atoms with Crippen molar-refractivity contribution in [1.29, 1.82) is 5.26 Å². The second kappa shape index (κ2) is 5.45. The fraction of sp³-hybridized carbons (Fsp3) is 0.778. The average molecular weight is 199 g/mol. The van der Waals surface area contributed by atoms with E-state index < -0.39 is 11.7 Å². The molecule has 0 unspecified atom stereocenters. The maximum atomic E-state index is 11.1. The summed E-state index contributed by atoms with van der Waals surface area (Å²) in [6.45, 7) is 5.59. The van der Waals surface area contributed by atoms with Crippen LogP contribution in [0.5, 0.6) is 0 Å². The molecule has 0 aliphatic heterocycles. The van der Waals surface area contributed by atoms with Gasteiger partial charge >= 0.3 is 6.09 Å². The first-order valence-electron chi connectivity index (χ1n) is 4.43. The summed E-state index contributed by atoms with van der Waals surface area (Å²) in [5, 5.41) is 13.8. The van der Waals surface area contributed by atoms with Gasteiger partial charge in [0.25, 0.3) is 0 Å². The van der Waals surface area contributed by atoms with Crippen molar-refractivity contribution in [3.05, 3.63) is 0 Å². The molecule has 1 amide bonds. The van der Waals surface area contributed by atoms with Gasteiger partial charge in [0, 0.05) is 6.54 Å². The fourth-order valence-electron chi connectivity index (χ4n) is 0.712. The molecule has 0 saturated heterocycles. The Morgan fingerprint density at radius 1 is 1.57 bits per heavy atom. The number of rotatable bonds is 3. The molecule has 0 rings (SSSR count). The Hall–Kier alpha value is -1.28. The summed E-state index contributed by atoms with van der Waals surface area (Å²) >= 11 is 0. The van der Waals surface area contributed by atoms with Crippen LogP contribution in [0.1, 0.15) is 20.8 Å². The van der Waals surface area contributed by atoms with E-state index >= 15 is 0 Å². The molecular weight excluding hydrogens is 182 g/mol. The number of carbonyl (C=O) groups is 1. The van der Waals surface area contributed by atoms with Crippen LogP contribution in [0, 0.1) is 11.3 Å². The monoisotopic (exact) mass is 199 g/mol. The maximum absolute atomic E-state index is 11.1. The topological polar surface area (TPSA) is 74.2 Å². The molecule has 0 saturated carbocycles. The lowest BCUT2D eigenvalue weighted by atomic mass is 10.2. The Morgan fingerprint density at radius 2 is 2.14 bits per heavy atom. The molecule has 0 aliphatic carbocycles. The van der Waals surface area contributed by atoms with Crippen molar-refractivity contribution in [3.63, 3.8) is 0 Å². The van der Waals surface area contributed by atoms with Crippen molar-refractivity contribution >= 4 is 6.09 Å². The first-order valence-corrected chi connectivity index (χ1v) is 4.43. The van der Waals surface area contributed by atoms with Gasteiger partial charge in [0.2, 0.25) is 0 Å². The van der Waals surface area contributed by atoms with E-state index in [4.69, 9.17) is 10.00 Å². The standard InChI is InChI=1S/C9H17N3O2/c1-9(2,3)14-8(13)12-6-7(5-10)11-4/h7,11H,6H2,1-4H3,(H,12,13)/t7-/m1/s1. The lowest BCUT2D eigenvalue weighted by molar-refractivity contribution is 0.0525. The van der Waals surface area contributed by atoms with Crippen LogP contribution in [0.4, 0.5) is 4.79 Å².